The molecule has 16 heavy (non-hydrogen) atoms. The number of carbonyl (C=O) groups excluding carboxylic acids is 1. The largest absolute Gasteiger partial charge is 0.336 e. The molecule has 1 amide bonds. The molecule has 0 radical (unpaired) electrons. The lowest BCUT2D eigenvalue weighted by molar-refractivity contribution is 0.0781. The maximum absolute atomic E-state index is 11.9. The first-order valence-corrected chi connectivity index (χ1v) is 5.87. The minimum absolute atomic E-state index is 0.0382. The van der Waals surface area contributed by atoms with Gasteiger partial charge in [-0.05, 0) is 18.8 Å². The predicted molar refractivity (Wildman–Crippen MR) is 60.1 cm³/mol. The van der Waals surface area contributed by atoms with E-state index in [1.165, 1.54) is 0 Å². The number of nitrogens with zero attached hydrogens (tertiary/aromatic N) is 3. The molecule has 88 valence electrons. The van der Waals surface area contributed by atoms with Gasteiger partial charge in [0.05, 0.1) is 0 Å². The Bertz CT molecular complexity index is 366. The summed E-state index contributed by atoms with van der Waals surface area (Å²) in [7, 11) is 0. The maximum atomic E-state index is 11.9. The van der Waals surface area contributed by atoms with Crippen molar-refractivity contribution in [2.75, 3.05) is 13.1 Å². The number of aromatic nitrogens is 3. The molecule has 5 nitrogen and oxygen atoms in total. The molecular weight excluding hydrogens is 204 g/mol. The second kappa shape index (κ2) is 4.63. The molecule has 0 saturated carbocycles. The Morgan fingerprint density at radius 1 is 1.44 bits per heavy atom. The van der Waals surface area contributed by atoms with Crippen LogP contribution < -0.4 is 0 Å². The van der Waals surface area contributed by atoms with E-state index in [0.29, 0.717) is 11.7 Å². The van der Waals surface area contributed by atoms with Crippen LogP contribution in [0.15, 0.2) is 0 Å². The first-order chi connectivity index (χ1) is 7.66. The Morgan fingerprint density at radius 3 is 2.75 bits per heavy atom. The number of rotatable bonds is 3. The van der Waals surface area contributed by atoms with Crippen molar-refractivity contribution in [3.05, 3.63) is 11.6 Å². The van der Waals surface area contributed by atoms with Crippen molar-refractivity contribution in [2.24, 2.45) is 5.92 Å². The lowest BCUT2D eigenvalue weighted by Crippen LogP contribution is -2.28. The Morgan fingerprint density at radius 2 is 2.12 bits per heavy atom. The van der Waals surface area contributed by atoms with Crippen LogP contribution in [0.4, 0.5) is 0 Å². The summed E-state index contributed by atoms with van der Waals surface area (Å²) in [5.41, 5.74) is 0. The number of amides is 1. The van der Waals surface area contributed by atoms with Crippen molar-refractivity contribution in [3.63, 3.8) is 0 Å². The zero-order valence-electron chi connectivity index (χ0n) is 9.86. The molecule has 0 aromatic carbocycles. The van der Waals surface area contributed by atoms with Crippen molar-refractivity contribution in [1.82, 2.24) is 20.1 Å². The van der Waals surface area contributed by atoms with Crippen LogP contribution in [-0.2, 0) is 6.42 Å². The van der Waals surface area contributed by atoms with Crippen molar-refractivity contribution >= 4 is 5.91 Å². The second-order valence-electron chi connectivity index (χ2n) is 4.70. The summed E-state index contributed by atoms with van der Waals surface area (Å²) in [6.07, 6.45) is 3.02. The Balaban J connectivity index is 2.03. The molecule has 2 heterocycles. The Labute approximate surface area is 95.2 Å². The molecule has 0 bridgehead atoms. The molecule has 1 aliphatic heterocycles. The van der Waals surface area contributed by atoms with Gasteiger partial charge in [-0.15, -0.1) is 5.10 Å². The second-order valence-corrected chi connectivity index (χ2v) is 4.70. The zero-order chi connectivity index (χ0) is 11.5. The highest BCUT2D eigenvalue weighted by atomic mass is 16.2. The first-order valence-electron chi connectivity index (χ1n) is 5.87. The van der Waals surface area contributed by atoms with Crippen molar-refractivity contribution < 1.29 is 4.79 Å². The number of hydrogen-bond donors (Lipinski definition) is 1. The summed E-state index contributed by atoms with van der Waals surface area (Å²) >= 11 is 0. The Hall–Kier alpha value is -1.39. The van der Waals surface area contributed by atoms with Gasteiger partial charge in [-0.3, -0.25) is 9.89 Å². The minimum atomic E-state index is -0.0382. The van der Waals surface area contributed by atoms with Crippen molar-refractivity contribution in [3.8, 4) is 0 Å². The zero-order valence-corrected chi connectivity index (χ0v) is 9.86. The van der Waals surface area contributed by atoms with E-state index in [-0.39, 0.29) is 5.91 Å². The van der Waals surface area contributed by atoms with Crippen LogP contribution >= 0.6 is 0 Å². The highest BCUT2D eigenvalue weighted by Gasteiger charge is 2.22. The number of aromatic amines is 1. The van der Waals surface area contributed by atoms with Gasteiger partial charge in [0.15, 0.2) is 0 Å². The van der Waals surface area contributed by atoms with E-state index in [0.717, 1.165) is 38.2 Å². The fraction of sp³-hybridized carbons (Fsp3) is 0.727. The lowest BCUT2D eigenvalue weighted by atomic mass is 10.1. The predicted octanol–water partition coefficient (Wildman–Crippen LogP) is 1.24. The van der Waals surface area contributed by atoms with Crippen LogP contribution in [0.2, 0.25) is 0 Å². The normalized spacial score (nSPS) is 16.1. The molecule has 5 heteroatoms. The summed E-state index contributed by atoms with van der Waals surface area (Å²) in [4.78, 5) is 18.0. The van der Waals surface area contributed by atoms with Crippen molar-refractivity contribution in [1.29, 1.82) is 0 Å². The molecule has 1 fully saturated rings. The van der Waals surface area contributed by atoms with Crippen LogP contribution in [0.25, 0.3) is 0 Å². The third-order valence-electron chi connectivity index (χ3n) is 2.72. The molecule has 0 aliphatic carbocycles. The number of likely N-dealkylation sites (tertiary alicyclic amines) is 1. The molecule has 1 aliphatic rings. The van der Waals surface area contributed by atoms with E-state index in [1.807, 2.05) is 4.90 Å². The average Bonchev–Trinajstić information content (AvgIpc) is 2.84. The molecule has 2 rings (SSSR count). The topological polar surface area (TPSA) is 61.9 Å². The van der Waals surface area contributed by atoms with Gasteiger partial charge in [0.2, 0.25) is 5.82 Å². The van der Waals surface area contributed by atoms with Gasteiger partial charge in [0.25, 0.3) is 5.91 Å². The van der Waals surface area contributed by atoms with E-state index in [2.05, 4.69) is 29.0 Å². The minimum Gasteiger partial charge on any atom is -0.336 e. The SMILES string of the molecule is CC(C)Cc1nc(C(=O)N2CCCC2)n[nH]1. The maximum Gasteiger partial charge on any atom is 0.293 e. The van der Waals surface area contributed by atoms with Crippen LogP contribution in [0.5, 0.6) is 0 Å². The van der Waals surface area contributed by atoms with Crippen LogP contribution in [0, 0.1) is 5.92 Å². The molecule has 1 saturated heterocycles. The van der Waals surface area contributed by atoms with E-state index in [9.17, 15) is 4.79 Å². The van der Waals surface area contributed by atoms with Gasteiger partial charge >= 0.3 is 0 Å². The summed E-state index contributed by atoms with van der Waals surface area (Å²) in [5.74, 6) is 1.60. The molecule has 1 aromatic rings. The van der Waals surface area contributed by atoms with E-state index < -0.39 is 0 Å². The van der Waals surface area contributed by atoms with E-state index >= 15 is 0 Å². The number of H-pyrrole nitrogens is 1. The molecule has 0 atom stereocenters. The van der Waals surface area contributed by atoms with Gasteiger partial charge in [-0.2, -0.15) is 0 Å². The fourth-order valence-corrected chi connectivity index (χ4v) is 1.93. The van der Waals surface area contributed by atoms with Crippen LogP contribution in [0.1, 0.15) is 43.1 Å². The van der Waals surface area contributed by atoms with Gasteiger partial charge in [0.1, 0.15) is 5.82 Å². The highest BCUT2D eigenvalue weighted by Crippen LogP contribution is 2.11. The smallest absolute Gasteiger partial charge is 0.293 e. The van der Waals surface area contributed by atoms with Gasteiger partial charge < -0.3 is 4.90 Å². The van der Waals surface area contributed by atoms with Crippen LogP contribution in [-0.4, -0.2) is 39.1 Å². The van der Waals surface area contributed by atoms with Crippen molar-refractivity contribution in [2.45, 2.75) is 33.1 Å². The van der Waals surface area contributed by atoms with Crippen LogP contribution in [0.3, 0.4) is 0 Å². The molecular formula is C11H18N4O. The molecule has 0 unspecified atom stereocenters. The summed E-state index contributed by atoms with van der Waals surface area (Å²) in [5, 5.41) is 6.82. The highest BCUT2D eigenvalue weighted by molar-refractivity contribution is 5.90. The number of carbonyl (C=O) groups is 1. The monoisotopic (exact) mass is 222 g/mol. The van der Waals surface area contributed by atoms with Gasteiger partial charge in [-0.1, -0.05) is 13.8 Å². The first kappa shape index (κ1) is 11.1. The fourth-order valence-electron chi connectivity index (χ4n) is 1.93. The quantitative estimate of drug-likeness (QED) is 0.837. The van der Waals surface area contributed by atoms with Gasteiger partial charge in [0, 0.05) is 19.5 Å². The average molecular weight is 222 g/mol. The lowest BCUT2D eigenvalue weighted by Gasteiger charge is -2.11. The number of hydrogen-bond acceptors (Lipinski definition) is 3. The summed E-state index contributed by atoms with van der Waals surface area (Å²) < 4.78 is 0. The molecule has 1 aromatic heterocycles. The molecule has 0 spiro atoms. The van der Waals surface area contributed by atoms with Gasteiger partial charge in [-0.25, -0.2) is 4.98 Å². The summed E-state index contributed by atoms with van der Waals surface area (Å²) in [6.45, 7) is 5.91. The Kier molecular flexibility index (Phi) is 3.22. The van der Waals surface area contributed by atoms with E-state index in [1.54, 1.807) is 0 Å². The standard InChI is InChI=1S/C11H18N4O/c1-8(2)7-9-12-10(14-13-9)11(16)15-5-3-4-6-15/h8H,3-7H2,1-2H3,(H,12,13,14). The third kappa shape index (κ3) is 2.40. The molecule has 1 N–H and O–H groups in total. The third-order valence-corrected chi connectivity index (χ3v) is 2.72. The van der Waals surface area contributed by atoms with E-state index in [4.69, 9.17) is 0 Å². The summed E-state index contributed by atoms with van der Waals surface area (Å²) in [6, 6.07) is 0. The number of nitrogens with one attached hydrogen (secondary N) is 1.